The van der Waals surface area contributed by atoms with Crippen molar-refractivity contribution in [3.8, 4) is 11.5 Å². The maximum absolute atomic E-state index is 13.9. The second-order valence-corrected chi connectivity index (χ2v) is 5.79. The van der Waals surface area contributed by atoms with Gasteiger partial charge >= 0.3 is 6.18 Å². The van der Waals surface area contributed by atoms with E-state index in [1.165, 1.54) is 18.3 Å². The normalized spacial score (nSPS) is 12.0. The van der Waals surface area contributed by atoms with E-state index in [2.05, 4.69) is 20.4 Å². The number of amidine groups is 1. The number of nitrogens with zero attached hydrogens (tertiary/aromatic N) is 3. The number of anilines is 2. The number of benzene rings is 1. The van der Waals surface area contributed by atoms with Crippen molar-refractivity contribution in [2.45, 2.75) is 6.18 Å². The van der Waals surface area contributed by atoms with Crippen LogP contribution in [0.3, 0.4) is 0 Å². The van der Waals surface area contributed by atoms with Crippen LogP contribution in [0, 0.1) is 11.6 Å². The lowest BCUT2D eigenvalue weighted by Gasteiger charge is -2.15. The fourth-order valence-electron chi connectivity index (χ4n) is 2.25. The van der Waals surface area contributed by atoms with Crippen molar-refractivity contribution in [1.82, 2.24) is 9.97 Å². The van der Waals surface area contributed by atoms with Crippen LogP contribution in [-0.2, 0) is 6.18 Å². The summed E-state index contributed by atoms with van der Waals surface area (Å²) in [4.78, 5) is 7.64. The van der Waals surface area contributed by atoms with E-state index in [1.807, 2.05) is 0 Å². The number of ether oxygens (including phenoxy) is 1. The lowest BCUT2D eigenvalue weighted by molar-refractivity contribution is -0.137. The van der Waals surface area contributed by atoms with Crippen molar-refractivity contribution in [2.75, 3.05) is 5.32 Å². The second-order valence-electron chi connectivity index (χ2n) is 5.79. The molecule has 156 valence electrons. The summed E-state index contributed by atoms with van der Waals surface area (Å²) in [6.07, 6.45) is -2.94. The van der Waals surface area contributed by atoms with E-state index in [0.29, 0.717) is 18.3 Å². The van der Waals surface area contributed by atoms with E-state index >= 15 is 0 Å². The molecule has 2 heterocycles. The van der Waals surface area contributed by atoms with Gasteiger partial charge < -0.3 is 21.0 Å². The number of alkyl halides is 3. The van der Waals surface area contributed by atoms with Crippen molar-refractivity contribution in [3.05, 3.63) is 71.6 Å². The van der Waals surface area contributed by atoms with Crippen molar-refractivity contribution in [2.24, 2.45) is 10.9 Å². The van der Waals surface area contributed by atoms with Gasteiger partial charge in [0.15, 0.2) is 29.0 Å². The van der Waals surface area contributed by atoms with Gasteiger partial charge in [-0.15, -0.1) is 0 Å². The molecule has 1 aromatic carbocycles. The van der Waals surface area contributed by atoms with E-state index in [9.17, 15) is 22.0 Å². The van der Waals surface area contributed by atoms with Crippen LogP contribution in [0.2, 0.25) is 0 Å². The molecule has 2 aromatic heterocycles. The molecule has 0 unspecified atom stereocenters. The van der Waals surface area contributed by atoms with Crippen LogP contribution in [0.25, 0.3) is 0 Å². The summed E-state index contributed by atoms with van der Waals surface area (Å²) in [5.74, 6) is -3.25. The van der Waals surface area contributed by atoms with Crippen molar-refractivity contribution >= 4 is 17.5 Å². The van der Waals surface area contributed by atoms with Gasteiger partial charge in [-0.05, 0) is 30.3 Å². The number of pyridine rings is 2. The number of nitrogens with one attached hydrogen (secondary N) is 1. The SMILES string of the molecule is NC(=NO)c1ccc(Nc2ncc(C(F)(F)F)cc2Oc2ccc(F)cc2F)nc1. The summed E-state index contributed by atoms with van der Waals surface area (Å²) in [5, 5.41) is 14.1. The molecule has 0 radical (unpaired) electrons. The number of halogens is 5. The van der Waals surface area contributed by atoms with Crippen molar-refractivity contribution in [1.29, 1.82) is 0 Å². The Morgan fingerprint density at radius 2 is 1.80 bits per heavy atom. The van der Waals surface area contributed by atoms with Crippen LogP contribution in [-0.4, -0.2) is 21.0 Å². The van der Waals surface area contributed by atoms with Gasteiger partial charge in [-0.2, -0.15) is 13.2 Å². The van der Waals surface area contributed by atoms with Crippen LogP contribution in [0.5, 0.6) is 11.5 Å². The molecule has 3 rings (SSSR count). The lowest BCUT2D eigenvalue weighted by atomic mass is 10.2. The zero-order valence-corrected chi connectivity index (χ0v) is 14.8. The fraction of sp³-hybridized carbons (Fsp3) is 0.0556. The zero-order chi connectivity index (χ0) is 21.9. The third-order valence-electron chi connectivity index (χ3n) is 3.71. The Kier molecular flexibility index (Phi) is 5.67. The van der Waals surface area contributed by atoms with Gasteiger partial charge in [0.2, 0.25) is 0 Å². The van der Waals surface area contributed by atoms with Crippen LogP contribution in [0.1, 0.15) is 11.1 Å². The zero-order valence-electron chi connectivity index (χ0n) is 14.8. The third kappa shape index (κ3) is 4.71. The summed E-state index contributed by atoms with van der Waals surface area (Å²) >= 11 is 0. The standard InChI is InChI=1S/C18H12F5N5O2/c19-11-2-3-13(12(20)6-11)30-14-5-10(18(21,22)23)8-26-17(14)27-15-4-1-9(7-25-15)16(24)28-29/h1-8,29H,(H2,24,28)(H,25,26,27). The molecule has 30 heavy (non-hydrogen) atoms. The maximum atomic E-state index is 13.9. The van der Waals surface area contributed by atoms with E-state index in [4.69, 9.17) is 15.7 Å². The predicted molar refractivity (Wildman–Crippen MR) is 95.7 cm³/mol. The van der Waals surface area contributed by atoms with Gasteiger partial charge in [0.1, 0.15) is 11.6 Å². The number of hydrogen-bond acceptors (Lipinski definition) is 6. The molecule has 4 N–H and O–H groups in total. The molecule has 0 bridgehead atoms. The van der Waals surface area contributed by atoms with E-state index in [-0.39, 0.29) is 23.0 Å². The highest BCUT2D eigenvalue weighted by atomic mass is 19.4. The Labute approximate surface area is 165 Å². The van der Waals surface area contributed by atoms with Gasteiger partial charge in [-0.3, -0.25) is 0 Å². The molecule has 0 atom stereocenters. The Bertz CT molecular complexity index is 1090. The molecule has 3 aromatic rings. The summed E-state index contributed by atoms with van der Waals surface area (Å²) in [5.41, 5.74) is 4.57. The first-order chi connectivity index (χ1) is 14.2. The molecule has 0 amide bonds. The van der Waals surface area contributed by atoms with Gasteiger partial charge in [0.25, 0.3) is 0 Å². The molecular formula is C18H12F5N5O2. The predicted octanol–water partition coefficient (Wildman–Crippen LogP) is 4.40. The number of oxime groups is 1. The quantitative estimate of drug-likeness (QED) is 0.184. The van der Waals surface area contributed by atoms with Gasteiger partial charge in [0, 0.05) is 24.0 Å². The minimum absolute atomic E-state index is 0.126. The smallest absolute Gasteiger partial charge is 0.418 e. The highest BCUT2D eigenvalue weighted by molar-refractivity contribution is 5.96. The number of rotatable bonds is 5. The lowest BCUT2D eigenvalue weighted by Crippen LogP contribution is -2.13. The van der Waals surface area contributed by atoms with E-state index in [0.717, 1.165) is 12.1 Å². The van der Waals surface area contributed by atoms with Crippen LogP contribution >= 0.6 is 0 Å². The Hall–Kier alpha value is -3.96. The third-order valence-corrected chi connectivity index (χ3v) is 3.71. The van der Waals surface area contributed by atoms with E-state index < -0.39 is 34.9 Å². The molecule has 0 fully saturated rings. The van der Waals surface area contributed by atoms with Gasteiger partial charge in [-0.1, -0.05) is 5.16 Å². The first-order valence-corrected chi connectivity index (χ1v) is 8.08. The van der Waals surface area contributed by atoms with Crippen molar-refractivity contribution in [3.63, 3.8) is 0 Å². The highest BCUT2D eigenvalue weighted by Gasteiger charge is 2.32. The first kappa shape index (κ1) is 20.8. The van der Waals surface area contributed by atoms with Crippen molar-refractivity contribution < 1.29 is 31.9 Å². The molecule has 12 heteroatoms. The average molecular weight is 425 g/mol. The summed E-state index contributed by atoms with van der Waals surface area (Å²) in [6, 6.07) is 5.77. The number of hydrogen-bond donors (Lipinski definition) is 3. The average Bonchev–Trinajstić information content (AvgIpc) is 2.70. The topological polar surface area (TPSA) is 106 Å². The summed E-state index contributed by atoms with van der Waals surface area (Å²) < 4.78 is 71.4. The number of aromatic nitrogens is 2. The van der Waals surface area contributed by atoms with Crippen LogP contribution in [0.4, 0.5) is 33.6 Å². The summed E-state index contributed by atoms with van der Waals surface area (Å²) in [6.45, 7) is 0. The molecule has 7 nitrogen and oxygen atoms in total. The fourth-order valence-corrected chi connectivity index (χ4v) is 2.25. The molecule has 0 saturated carbocycles. The highest BCUT2D eigenvalue weighted by Crippen LogP contribution is 2.37. The van der Waals surface area contributed by atoms with E-state index in [1.54, 1.807) is 0 Å². The Morgan fingerprint density at radius 3 is 2.40 bits per heavy atom. The minimum Gasteiger partial charge on any atom is -0.450 e. The molecule has 0 aliphatic rings. The molecule has 0 saturated heterocycles. The largest absolute Gasteiger partial charge is 0.450 e. The van der Waals surface area contributed by atoms with Gasteiger partial charge in [-0.25, -0.2) is 18.7 Å². The molecule has 0 aliphatic carbocycles. The van der Waals surface area contributed by atoms with Crippen LogP contribution in [0.15, 0.2) is 53.9 Å². The van der Waals surface area contributed by atoms with Gasteiger partial charge in [0.05, 0.1) is 5.56 Å². The molecular weight excluding hydrogens is 413 g/mol. The Morgan fingerprint density at radius 1 is 1.03 bits per heavy atom. The maximum Gasteiger partial charge on any atom is 0.418 e. The molecule has 0 spiro atoms. The minimum atomic E-state index is -4.73. The monoisotopic (exact) mass is 425 g/mol. The molecule has 0 aliphatic heterocycles. The number of nitrogens with two attached hydrogens (primary N) is 1. The first-order valence-electron chi connectivity index (χ1n) is 8.08. The Balaban J connectivity index is 1.96. The summed E-state index contributed by atoms with van der Waals surface area (Å²) in [7, 11) is 0. The second kappa shape index (κ2) is 8.19. The van der Waals surface area contributed by atoms with Crippen LogP contribution < -0.4 is 15.8 Å².